The molecule has 0 unspecified atom stereocenters. The number of carbonyl (C=O) groups is 1. The van der Waals surface area contributed by atoms with E-state index in [4.69, 9.17) is 16.9 Å². The predicted octanol–water partition coefficient (Wildman–Crippen LogP) is 3.67. The molecule has 30 heavy (non-hydrogen) atoms. The largest absolute Gasteiger partial charge is 0.464 e. The molecule has 2 aromatic rings. The Kier molecular flexibility index (Phi) is 5.52. The van der Waals surface area contributed by atoms with Gasteiger partial charge in [-0.3, -0.25) is 0 Å². The molecule has 4 rings (SSSR count). The third-order valence-corrected chi connectivity index (χ3v) is 6.68. The summed E-state index contributed by atoms with van der Waals surface area (Å²) in [4.78, 5) is 16.2. The SMILES string of the molecule is COC(=O)c1ccc(N2CCC3(CC2)C[C@H](C)N(c2ccc(C#N)c(Cl)c2)C3)nn1. The number of nitriles is 1. The van der Waals surface area contributed by atoms with Crippen molar-refractivity contribution in [3.63, 3.8) is 0 Å². The van der Waals surface area contributed by atoms with E-state index in [9.17, 15) is 4.79 Å². The summed E-state index contributed by atoms with van der Waals surface area (Å²) in [6.07, 6.45) is 3.27. The van der Waals surface area contributed by atoms with Crippen LogP contribution in [0.25, 0.3) is 0 Å². The third kappa shape index (κ3) is 3.80. The summed E-state index contributed by atoms with van der Waals surface area (Å²) >= 11 is 6.26. The minimum atomic E-state index is -0.477. The number of aromatic nitrogens is 2. The van der Waals surface area contributed by atoms with E-state index in [0.29, 0.717) is 16.6 Å². The van der Waals surface area contributed by atoms with Crippen LogP contribution in [0, 0.1) is 16.7 Å². The first-order chi connectivity index (χ1) is 14.4. The van der Waals surface area contributed by atoms with Crippen LogP contribution in [0.4, 0.5) is 11.5 Å². The highest BCUT2D eigenvalue weighted by atomic mass is 35.5. The van der Waals surface area contributed by atoms with Gasteiger partial charge in [0.2, 0.25) is 0 Å². The molecule has 7 nitrogen and oxygen atoms in total. The molecule has 0 radical (unpaired) electrons. The summed E-state index contributed by atoms with van der Waals surface area (Å²) in [6, 6.07) is 11.7. The van der Waals surface area contributed by atoms with Gasteiger partial charge in [-0.1, -0.05) is 11.6 Å². The Labute approximate surface area is 181 Å². The highest BCUT2D eigenvalue weighted by Crippen LogP contribution is 2.45. The lowest BCUT2D eigenvalue weighted by atomic mass is 9.77. The summed E-state index contributed by atoms with van der Waals surface area (Å²) in [5.74, 6) is 0.314. The first-order valence-electron chi connectivity index (χ1n) is 10.1. The first kappa shape index (κ1) is 20.4. The van der Waals surface area contributed by atoms with Crippen molar-refractivity contribution in [2.45, 2.75) is 32.2 Å². The predicted molar refractivity (Wildman–Crippen MR) is 115 cm³/mol. The van der Waals surface area contributed by atoms with Crippen molar-refractivity contribution >= 4 is 29.1 Å². The van der Waals surface area contributed by atoms with Gasteiger partial charge in [-0.25, -0.2) is 4.79 Å². The number of nitrogens with zero attached hydrogens (tertiary/aromatic N) is 5. The summed E-state index contributed by atoms with van der Waals surface area (Å²) in [7, 11) is 1.33. The number of ether oxygens (including phenoxy) is 1. The number of carbonyl (C=O) groups excluding carboxylic acids is 1. The van der Waals surface area contributed by atoms with Gasteiger partial charge in [0, 0.05) is 31.4 Å². The molecular weight excluding hydrogens is 402 g/mol. The minimum absolute atomic E-state index is 0.219. The van der Waals surface area contributed by atoms with E-state index in [0.717, 1.165) is 50.4 Å². The van der Waals surface area contributed by atoms with Gasteiger partial charge in [0.15, 0.2) is 11.5 Å². The zero-order valence-corrected chi connectivity index (χ0v) is 17.9. The standard InChI is InChI=1S/C22H24ClN5O2/c1-15-12-22(14-28(15)17-4-3-16(13-24)18(23)11-17)7-9-27(10-8-22)20-6-5-19(25-26-20)21(29)30-2/h3-6,11,15H,7-10,12,14H2,1-2H3/t15-/m0/s1. The molecule has 3 heterocycles. The lowest BCUT2D eigenvalue weighted by Crippen LogP contribution is -2.42. The maximum Gasteiger partial charge on any atom is 0.358 e. The molecular formula is C22H24ClN5O2. The Morgan fingerprint density at radius 3 is 2.63 bits per heavy atom. The molecule has 2 fully saturated rings. The van der Waals surface area contributed by atoms with Crippen LogP contribution in [0.3, 0.4) is 0 Å². The topological polar surface area (TPSA) is 82.4 Å². The van der Waals surface area contributed by atoms with Crippen LogP contribution in [0.2, 0.25) is 5.02 Å². The van der Waals surface area contributed by atoms with E-state index in [1.54, 1.807) is 12.1 Å². The van der Waals surface area contributed by atoms with E-state index >= 15 is 0 Å². The number of methoxy groups -OCH3 is 1. The molecule has 1 aromatic heterocycles. The molecule has 2 saturated heterocycles. The molecule has 2 aliphatic heterocycles. The summed E-state index contributed by atoms with van der Waals surface area (Å²) < 4.78 is 4.68. The molecule has 0 N–H and O–H groups in total. The number of anilines is 2. The highest BCUT2D eigenvalue weighted by molar-refractivity contribution is 6.32. The Bertz CT molecular complexity index is 980. The van der Waals surface area contributed by atoms with E-state index in [2.05, 4.69) is 37.7 Å². The molecule has 0 bridgehead atoms. The van der Waals surface area contributed by atoms with E-state index < -0.39 is 5.97 Å². The third-order valence-electron chi connectivity index (χ3n) is 6.36. The molecule has 156 valence electrons. The van der Waals surface area contributed by atoms with Crippen LogP contribution in [-0.4, -0.2) is 49.0 Å². The highest BCUT2D eigenvalue weighted by Gasteiger charge is 2.44. The first-order valence-corrected chi connectivity index (χ1v) is 10.5. The molecule has 2 aliphatic rings. The monoisotopic (exact) mass is 425 g/mol. The fourth-order valence-electron chi connectivity index (χ4n) is 4.72. The summed E-state index contributed by atoms with van der Waals surface area (Å²) in [5.41, 5.74) is 2.07. The van der Waals surface area contributed by atoms with Crippen molar-refractivity contribution in [3.05, 3.63) is 46.6 Å². The fraction of sp³-hybridized carbons (Fsp3) is 0.455. The quantitative estimate of drug-likeness (QED) is 0.693. The van der Waals surface area contributed by atoms with Gasteiger partial charge < -0.3 is 14.5 Å². The van der Waals surface area contributed by atoms with E-state index in [-0.39, 0.29) is 11.1 Å². The average Bonchev–Trinajstić information content (AvgIpc) is 3.09. The summed E-state index contributed by atoms with van der Waals surface area (Å²) in [6.45, 7) is 5.04. The van der Waals surface area contributed by atoms with Gasteiger partial charge in [-0.2, -0.15) is 5.26 Å². The number of rotatable bonds is 3. The fourth-order valence-corrected chi connectivity index (χ4v) is 4.93. The number of piperidine rings is 1. The van der Waals surface area contributed by atoms with Crippen LogP contribution < -0.4 is 9.80 Å². The van der Waals surface area contributed by atoms with Crippen LogP contribution in [0.15, 0.2) is 30.3 Å². The Balaban J connectivity index is 1.43. The van der Waals surface area contributed by atoms with Crippen molar-refractivity contribution < 1.29 is 9.53 Å². The molecule has 1 spiro atoms. The average molecular weight is 426 g/mol. The molecule has 0 amide bonds. The van der Waals surface area contributed by atoms with Gasteiger partial charge in [0.1, 0.15) is 6.07 Å². The summed E-state index contributed by atoms with van der Waals surface area (Å²) in [5, 5.41) is 17.8. The zero-order valence-electron chi connectivity index (χ0n) is 17.1. The second kappa shape index (κ2) is 8.11. The molecule has 0 saturated carbocycles. The Morgan fingerprint density at radius 1 is 1.27 bits per heavy atom. The normalized spacial score (nSPS) is 20.3. The lowest BCUT2D eigenvalue weighted by Gasteiger charge is -2.39. The molecule has 1 aromatic carbocycles. The molecule has 1 atom stereocenters. The number of esters is 1. The van der Waals surface area contributed by atoms with Gasteiger partial charge in [-0.15, -0.1) is 10.2 Å². The number of benzene rings is 1. The van der Waals surface area contributed by atoms with Crippen molar-refractivity contribution in [2.75, 3.05) is 36.5 Å². The second-order valence-electron chi connectivity index (χ2n) is 8.21. The molecule has 8 heteroatoms. The van der Waals surface area contributed by atoms with Crippen molar-refractivity contribution in [2.24, 2.45) is 5.41 Å². The smallest absolute Gasteiger partial charge is 0.358 e. The van der Waals surface area contributed by atoms with E-state index in [1.807, 2.05) is 18.2 Å². The van der Waals surface area contributed by atoms with Gasteiger partial charge in [0.05, 0.1) is 17.7 Å². The number of halogens is 1. The Hall–Kier alpha value is -2.85. The lowest BCUT2D eigenvalue weighted by molar-refractivity contribution is 0.0592. The van der Waals surface area contributed by atoms with E-state index in [1.165, 1.54) is 7.11 Å². The number of hydrogen-bond donors (Lipinski definition) is 0. The molecule has 0 aliphatic carbocycles. The number of hydrogen-bond acceptors (Lipinski definition) is 7. The second-order valence-corrected chi connectivity index (χ2v) is 8.62. The van der Waals surface area contributed by atoms with Crippen molar-refractivity contribution in [1.29, 1.82) is 5.26 Å². The van der Waals surface area contributed by atoms with Crippen molar-refractivity contribution in [3.8, 4) is 6.07 Å². The maximum atomic E-state index is 11.5. The minimum Gasteiger partial charge on any atom is -0.464 e. The van der Waals surface area contributed by atoms with Crippen LogP contribution in [0.5, 0.6) is 0 Å². The van der Waals surface area contributed by atoms with Crippen LogP contribution in [0.1, 0.15) is 42.2 Å². The zero-order chi connectivity index (χ0) is 21.3. The maximum absolute atomic E-state index is 11.5. The van der Waals surface area contributed by atoms with Gasteiger partial charge in [0.25, 0.3) is 0 Å². The van der Waals surface area contributed by atoms with Gasteiger partial charge >= 0.3 is 5.97 Å². The van der Waals surface area contributed by atoms with Crippen LogP contribution >= 0.6 is 11.6 Å². The van der Waals surface area contributed by atoms with Gasteiger partial charge in [-0.05, 0) is 61.9 Å². The Morgan fingerprint density at radius 2 is 2.03 bits per heavy atom. The van der Waals surface area contributed by atoms with Crippen molar-refractivity contribution in [1.82, 2.24) is 10.2 Å². The van der Waals surface area contributed by atoms with Crippen LogP contribution in [-0.2, 0) is 4.74 Å².